The Balaban J connectivity index is 1.72. The van der Waals surface area contributed by atoms with Crippen molar-refractivity contribution in [1.29, 1.82) is 0 Å². The minimum absolute atomic E-state index is 0.667. The van der Waals surface area contributed by atoms with Crippen LogP contribution in [0.3, 0.4) is 0 Å². The predicted octanol–water partition coefficient (Wildman–Crippen LogP) is 3.41. The van der Waals surface area contributed by atoms with Gasteiger partial charge in [-0.15, -0.1) is 0 Å². The Kier molecular flexibility index (Phi) is 4.22. The van der Waals surface area contributed by atoms with Gasteiger partial charge in [-0.3, -0.25) is 0 Å². The van der Waals surface area contributed by atoms with Crippen molar-refractivity contribution in [2.24, 2.45) is 0 Å². The van der Waals surface area contributed by atoms with E-state index in [0.29, 0.717) is 5.69 Å². The van der Waals surface area contributed by atoms with Gasteiger partial charge in [-0.25, -0.2) is 4.98 Å². The smallest absolute Gasteiger partial charge is 0.143 e. The number of nitrogens with zero attached hydrogens (tertiary/aromatic N) is 3. The van der Waals surface area contributed by atoms with Crippen LogP contribution in [-0.2, 0) is 0 Å². The summed E-state index contributed by atoms with van der Waals surface area (Å²) < 4.78 is 0.939. The van der Waals surface area contributed by atoms with Gasteiger partial charge in [-0.05, 0) is 34.1 Å². The lowest BCUT2D eigenvalue weighted by Crippen LogP contribution is -2.47. The Morgan fingerprint density at radius 1 is 1.10 bits per heavy atom. The molecule has 0 bridgehead atoms. The van der Waals surface area contributed by atoms with Gasteiger partial charge in [-0.1, -0.05) is 23.7 Å². The monoisotopic (exact) mass is 366 g/mol. The summed E-state index contributed by atoms with van der Waals surface area (Å²) in [7, 11) is 0. The summed E-state index contributed by atoms with van der Waals surface area (Å²) in [5.41, 5.74) is 7.50. The second-order valence-corrected chi connectivity index (χ2v) is 6.26. The minimum Gasteiger partial charge on any atom is -0.397 e. The van der Waals surface area contributed by atoms with E-state index in [1.165, 1.54) is 0 Å². The van der Waals surface area contributed by atoms with Gasteiger partial charge in [0.05, 0.1) is 27.1 Å². The number of rotatable bonds is 2. The molecule has 6 heteroatoms. The van der Waals surface area contributed by atoms with Crippen LogP contribution in [0.25, 0.3) is 0 Å². The predicted molar refractivity (Wildman–Crippen MR) is 92.2 cm³/mol. The molecule has 2 N–H and O–H groups in total. The van der Waals surface area contributed by atoms with Crippen LogP contribution in [-0.4, -0.2) is 31.2 Å². The lowest BCUT2D eigenvalue weighted by Gasteiger charge is -2.37. The zero-order valence-corrected chi connectivity index (χ0v) is 13.8. The maximum atomic E-state index is 6.26. The lowest BCUT2D eigenvalue weighted by atomic mass is 10.2. The van der Waals surface area contributed by atoms with Crippen LogP contribution in [0, 0.1) is 0 Å². The number of piperazine rings is 1. The van der Waals surface area contributed by atoms with Gasteiger partial charge >= 0.3 is 0 Å². The van der Waals surface area contributed by atoms with Crippen molar-refractivity contribution in [1.82, 2.24) is 4.98 Å². The van der Waals surface area contributed by atoms with E-state index in [4.69, 9.17) is 17.3 Å². The molecule has 3 rings (SSSR count). The number of benzene rings is 1. The first-order valence-corrected chi connectivity index (χ1v) is 7.97. The number of nitrogens with two attached hydrogens (primary N) is 1. The van der Waals surface area contributed by atoms with Crippen molar-refractivity contribution in [3.63, 3.8) is 0 Å². The fourth-order valence-electron chi connectivity index (χ4n) is 2.55. The molecule has 1 fully saturated rings. The number of aromatic nitrogens is 1. The Morgan fingerprint density at radius 2 is 1.76 bits per heavy atom. The highest BCUT2D eigenvalue weighted by Crippen LogP contribution is 2.29. The van der Waals surface area contributed by atoms with Crippen molar-refractivity contribution in [3.8, 4) is 0 Å². The molecule has 2 aromatic rings. The first kappa shape index (κ1) is 14.5. The molecule has 0 amide bonds. The number of anilines is 3. The van der Waals surface area contributed by atoms with E-state index in [2.05, 4.69) is 36.8 Å². The van der Waals surface area contributed by atoms with Crippen LogP contribution in [0.4, 0.5) is 17.2 Å². The third kappa shape index (κ3) is 3.09. The lowest BCUT2D eigenvalue weighted by molar-refractivity contribution is 0.646. The normalized spacial score (nSPS) is 15.3. The molecule has 0 radical (unpaired) electrons. The van der Waals surface area contributed by atoms with Gasteiger partial charge in [-0.2, -0.15) is 0 Å². The summed E-state index contributed by atoms with van der Waals surface area (Å²) in [6.45, 7) is 3.64. The van der Waals surface area contributed by atoms with Crippen LogP contribution in [0.15, 0.2) is 41.0 Å². The Bertz CT molecular complexity index is 641. The van der Waals surface area contributed by atoms with Crippen LogP contribution >= 0.6 is 27.5 Å². The molecule has 0 spiro atoms. The van der Waals surface area contributed by atoms with E-state index in [-0.39, 0.29) is 0 Å². The molecule has 1 aliphatic heterocycles. The average molecular weight is 368 g/mol. The zero-order valence-electron chi connectivity index (χ0n) is 11.5. The maximum Gasteiger partial charge on any atom is 0.143 e. The summed E-state index contributed by atoms with van der Waals surface area (Å²) >= 11 is 9.80. The van der Waals surface area contributed by atoms with E-state index in [1.807, 2.05) is 24.3 Å². The fourth-order valence-corrected chi connectivity index (χ4v) is 3.42. The number of hydrogen-bond acceptors (Lipinski definition) is 4. The number of halogens is 2. The van der Waals surface area contributed by atoms with Gasteiger partial charge in [0.1, 0.15) is 5.82 Å². The third-order valence-corrected chi connectivity index (χ3v) is 4.52. The highest BCUT2D eigenvalue weighted by atomic mass is 79.9. The molecule has 0 aliphatic carbocycles. The first-order valence-electron chi connectivity index (χ1n) is 6.80. The quantitative estimate of drug-likeness (QED) is 0.883. The summed E-state index contributed by atoms with van der Waals surface area (Å²) in [6, 6.07) is 9.86. The molecule has 1 aromatic carbocycles. The van der Waals surface area contributed by atoms with Gasteiger partial charge in [0.15, 0.2) is 0 Å². The molecule has 4 nitrogen and oxygen atoms in total. The second-order valence-electron chi connectivity index (χ2n) is 5.00. The van der Waals surface area contributed by atoms with Crippen molar-refractivity contribution < 1.29 is 0 Å². The highest BCUT2D eigenvalue weighted by molar-refractivity contribution is 9.10. The number of para-hydroxylation sites is 1. The molecule has 1 saturated heterocycles. The number of hydrogen-bond donors (Lipinski definition) is 1. The van der Waals surface area contributed by atoms with E-state index < -0.39 is 0 Å². The highest BCUT2D eigenvalue weighted by Gasteiger charge is 2.21. The summed E-state index contributed by atoms with van der Waals surface area (Å²) in [6.07, 6.45) is 1.69. The third-order valence-electron chi connectivity index (χ3n) is 3.62. The summed E-state index contributed by atoms with van der Waals surface area (Å²) in [5, 5.41) is 0.803. The largest absolute Gasteiger partial charge is 0.397 e. The van der Waals surface area contributed by atoms with Crippen molar-refractivity contribution in [2.45, 2.75) is 0 Å². The van der Waals surface area contributed by atoms with Crippen molar-refractivity contribution in [3.05, 3.63) is 46.0 Å². The van der Waals surface area contributed by atoms with E-state index in [9.17, 15) is 0 Å². The topological polar surface area (TPSA) is 45.4 Å². The van der Waals surface area contributed by atoms with E-state index in [0.717, 1.165) is 47.2 Å². The fraction of sp³-hybridized carbons (Fsp3) is 0.267. The molecule has 0 atom stereocenters. The minimum atomic E-state index is 0.667. The van der Waals surface area contributed by atoms with Crippen LogP contribution in [0.5, 0.6) is 0 Å². The molecule has 21 heavy (non-hydrogen) atoms. The maximum absolute atomic E-state index is 6.26. The Hall–Kier alpha value is -1.46. The van der Waals surface area contributed by atoms with Crippen LogP contribution in [0.1, 0.15) is 0 Å². The SMILES string of the molecule is Nc1cnc(N2CCN(c3ccccc3Cl)CC2)c(Br)c1. The summed E-state index contributed by atoms with van der Waals surface area (Å²) in [5.74, 6) is 0.947. The molecule has 0 unspecified atom stereocenters. The second kappa shape index (κ2) is 6.12. The van der Waals surface area contributed by atoms with Gasteiger partial charge in [0.2, 0.25) is 0 Å². The Labute approximate surface area is 137 Å². The van der Waals surface area contributed by atoms with Crippen molar-refractivity contribution in [2.75, 3.05) is 41.7 Å². The molecule has 110 valence electrons. The number of nitrogen functional groups attached to an aromatic ring is 1. The molecular weight excluding hydrogens is 352 g/mol. The van der Waals surface area contributed by atoms with Gasteiger partial charge < -0.3 is 15.5 Å². The van der Waals surface area contributed by atoms with Crippen LogP contribution in [0.2, 0.25) is 5.02 Å². The molecule has 0 saturated carbocycles. The molecule has 2 heterocycles. The average Bonchev–Trinajstić information content (AvgIpc) is 2.48. The first-order chi connectivity index (χ1) is 10.1. The molecule has 1 aliphatic rings. The van der Waals surface area contributed by atoms with Crippen LogP contribution < -0.4 is 15.5 Å². The van der Waals surface area contributed by atoms with Gasteiger partial charge in [0.25, 0.3) is 0 Å². The molecular formula is C15H16BrClN4. The van der Waals surface area contributed by atoms with Crippen molar-refractivity contribution >= 4 is 44.7 Å². The standard InChI is InChI=1S/C15H16BrClN4/c16-12-9-11(18)10-19-15(12)21-7-5-20(6-8-21)14-4-2-1-3-13(14)17/h1-4,9-10H,5-8,18H2. The van der Waals surface area contributed by atoms with E-state index >= 15 is 0 Å². The van der Waals surface area contributed by atoms with E-state index in [1.54, 1.807) is 6.20 Å². The summed E-state index contributed by atoms with van der Waals surface area (Å²) in [4.78, 5) is 9.00. The zero-order chi connectivity index (χ0) is 14.8. The Morgan fingerprint density at radius 3 is 2.43 bits per heavy atom. The molecule has 1 aromatic heterocycles. The van der Waals surface area contributed by atoms with Gasteiger partial charge in [0, 0.05) is 26.2 Å². The number of pyridine rings is 1.